The average molecular weight is 102 g/mol. The molecule has 1 nitrogen and oxygen atoms in total. The topological polar surface area (TPSA) is 12.0 Å². The summed E-state index contributed by atoms with van der Waals surface area (Å²) in [5.41, 5.74) is 0. The van der Waals surface area contributed by atoms with Crippen LogP contribution >= 0.6 is 12.2 Å². The highest BCUT2D eigenvalue weighted by atomic mass is 32.1. The third kappa shape index (κ3) is 2.15. The Balaban J connectivity index is 2.99. The van der Waals surface area contributed by atoms with Crippen LogP contribution < -0.4 is 5.32 Å². The van der Waals surface area contributed by atoms with E-state index in [1.54, 1.807) is 7.05 Å². The van der Waals surface area contributed by atoms with Gasteiger partial charge in [-0.05, 0) is 13.3 Å². The van der Waals surface area contributed by atoms with Gasteiger partial charge in [0.15, 0.2) is 0 Å². The lowest BCUT2D eigenvalue weighted by Crippen LogP contribution is -2.12. The molecule has 0 aromatic carbocycles. The van der Waals surface area contributed by atoms with Crippen LogP contribution in [0.25, 0.3) is 0 Å². The van der Waals surface area contributed by atoms with E-state index in [2.05, 4.69) is 24.5 Å². The normalized spacial score (nSPS) is 7.67. The molecule has 0 fully saturated rings. The van der Waals surface area contributed by atoms with Crippen LogP contribution in [0.1, 0.15) is 6.42 Å². The molecule has 6 heavy (non-hydrogen) atoms. The zero-order valence-corrected chi connectivity index (χ0v) is 4.64. The fourth-order valence-corrected chi connectivity index (χ4v) is 0.125. The Bertz CT molecular complexity index is 45.5. The summed E-state index contributed by atoms with van der Waals surface area (Å²) in [6.45, 7) is 3.55. The van der Waals surface area contributed by atoms with E-state index in [1.807, 2.05) is 0 Å². The van der Waals surface area contributed by atoms with Gasteiger partial charge in [-0.3, -0.25) is 0 Å². The van der Waals surface area contributed by atoms with Crippen molar-refractivity contribution in [1.29, 1.82) is 0 Å². The molecule has 0 bridgehead atoms. The van der Waals surface area contributed by atoms with Gasteiger partial charge in [-0.1, -0.05) is 12.2 Å². The van der Waals surface area contributed by atoms with Crippen molar-refractivity contribution >= 4 is 17.2 Å². The van der Waals surface area contributed by atoms with Crippen molar-refractivity contribution in [1.82, 2.24) is 5.32 Å². The molecule has 0 aromatic heterocycles. The first-order valence-electron chi connectivity index (χ1n) is 1.81. The molecule has 1 radical (unpaired) electrons. The number of nitrogens with one attached hydrogen (secondary N) is 1. The van der Waals surface area contributed by atoms with Crippen molar-refractivity contribution in [3.8, 4) is 0 Å². The first-order chi connectivity index (χ1) is 2.81. The Labute approximate surface area is 43.7 Å². The van der Waals surface area contributed by atoms with Crippen LogP contribution in [0.15, 0.2) is 0 Å². The van der Waals surface area contributed by atoms with Crippen LogP contribution in [0, 0.1) is 6.92 Å². The maximum Gasteiger partial charge on any atom is 0.0750 e. The van der Waals surface area contributed by atoms with Gasteiger partial charge in [-0.2, -0.15) is 0 Å². The van der Waals surface area contributed by atoms with Gasteiger partial charge in [0.1, 0.15) is 0 Å². The lowest BCUT2D eigenvalue weighted by atomic mass is 10.5. The van der Waals surface area contributed by atoms with E-state index in [0.29, 0.717) is 6.42 Å². The second kappa shape index (κ2) is 3.09. The minimum Gasteiger partial charge on any atom is -0.383 e. The smallest absolute Gasteiger partial charge is 0.0750 e. The monoisotopic (exact) mass is 102 g/mol. The van der Waals surface area contributed by atoms with E-state index in [4.69, 9.17) is 0 Å². The number of thiocarbonyl (C=S) groups is 1. The molecule has 35 valence electrons. The van der Waals surface area contributed by atoms with Crippen LogP contribution in [0.2, 0.25) is 0 Å². The summed E-state index contributed by atoms with van der Waals surface area (Å²) in [7, 11) is 1.80. The molecule has 0 amide bonds. The van der Waals surface area contributed by atoms with Crippen LogP contribution in [0.4, 0.5) is 0 Å². The van der Waals surface area contributed by atoms with E-state index in [0.717, 1.165) is 4.99 Å². The summed E-state index contributed by atoms with van der Waals surface area (Å²) in [4.78, 5) is 0.815. The van der Waals surface area contributed by atoms with Gasteiger partial charge in [0.25, 0.3) is 0 Å². The molecule has 0 spiro atoms. The molecule has 0 saturated carbocycles. The molecule has 0 aliphatic rings. The molecule has 0 aromatic rings. The zero-order valence-electron chi connectivity index (χ0n) is 3.82. The van der Waals surface area contributed by atoms with Gasteiger partial charge in [-0.15, -0.1) is 0 Å². The van der Waals surface area contributed by atoms with Crippen LogP contribution in [-0.4, -0.2) is 12.0 Å². The maximum absolute atomic E-state index is 4.68. The third-order valence-corrected chi connectivity index (χ3v) is 0.914. The van der Waals surface area contributed by atoms with E-state index in [-0.39, 0.29) is 0 Å². The Morgan fingerprint density at radius 2 is 2.50 bits per heavy atom. The fourth-order valence-electron chi connectivity index (χ4n) is 0.125. The first-order valence-corrected chi connectivity index (χ1v) is 2.22. The maximum atomic E-state index is 4.68. The van der Waals surface area contributed by atoms with Gasteiger partial charge in [-0.25, -0.2) is 0 Å². The van der Waals surface area contributed by atoms with E-state index in [9.17, 15) is 0 Å². The van der Waals surface area contributed by atoms with E-state index >= 15 is 0 Å². The molecule has 1 N–H and O–H groups in total. The summed E-state index contributed by atoms with van der Waals surface area (Å²) in [6.07, 6.45) is 0.700. The molecule has 0 aliphatic carbocycles. The zero-order chi connectivity index (χ0) is 4.99. The molecule has 0 saturated heterocycles. The van der Waals surface area contributed by atoms with Crippen molar-refractivity contribution in [2.45, 2.75) is 6.42 Å². The summed E-state index contributed by atoms with van der Waals surface area (Å²) in [6, 6.07) is 0. The van der Waals surface area contributed by atoms with Gasteiger partial charge in [0.05, 0.1) is 4.99 Å². The molecule has 0 heterocycles. The second-order valence-electron chi connectivity index (χ2n) is 0.923. The largest absolute Gasteiger partial charge is 0.383 e. The molecule has 0 aliphatic heterocycles. The Kier molecular flexibility index (Phi) is 3.04. The van der Waals surface area contributed by atoms with Crippen LogP contribution in [-0.2, 0) is 0 Å². The highest BCUT2D eigenvalue weighted by Gasteiger charge is 1.78. The van der Waals surface area contributed by atoms with Gasteiger partial charge in [0.2, 0.25) is 0 Å². The van der Waals surface area contributed by atoms with E-state index in [1.165, 1.54) is 0 Å². The SMILES string of the molecule is [CH2]CC(=S)NC. The lowest BCUT2D eigenvalue weighted by molar-refractivity contribution is 1.16. The number of hydrogen-bond acceptors (Lipinski definition) is 1. The standard InChI is InChI=1S/C4H8NS/c1-3-4(6)5-2/h1,3H2,2H3,(H,5,6). The van der Waals surface area contributed by atoms with Crippen LogP contribution in [0.5, 0.6) is 0 Å². The number of rotatable bonds is 1. The predicted octanol–water partition coefficient (Wildman–Crippen LogP) is 0.757. The van der Waals surface area contributed by atoms with E-state index < -0.39 is 0 Å². The minimum absolute atomic E-state index is 0.700. The third-order valence-electron chi connectivity index (χ3n) is 0.506. The molecule has 0 rings (SSSR count). The van der Waals surface area contributed by atoms with Gasteiger partial charge < -0.3 is 5.32 Å². The molecular formula is C4H8NS. The summed E-state index contributed by atoms with van der Waals surface area (Å²) in [5.74, 6) is 0. The number of hydrogen-bond donors (Lipinski definition) is 1. The fraction of sp³-hybridized carbons (Fsp3) is 0.500. The van der Waals surface area contributed by atoms with Gasteiger partial charge >= 0.3 is 0 Å². The summed E-state index contributed by atoms with van der Waals surface area (Å²) < 4.78 is 0. The highest BCUT2D eigenvalue weighted by Crippen LogP contribution is 1.73. The summed E-state index contributed by atoms with van der Waals surface area (Å²) >= 11 is 4.68. The second-order valence-corrected chi connectivity index (χ2v) is 1.42. The average Bonchev–Trinajstić information content (AvgIpc) is 1.65. The molecule has 0 atom stereocenters. The molecular weight excluding hydrogens is 94.1 g/mol. The first kappa shape index (κ1) is 5.89. The Hall–Kier alpha value is -0.110. The lowest BCUT2D eigenvalue weighted by Gasteiger charge is -1.91. The van der Waals surface area contributed by atoms with Crippen molar-refractivity contribution in [2.75, 3.05) is 7.05 Å². The van der Waals surface area contributed by atoms with Crippen molar-refractivity contribution in [2.24, 2.45) is 0 Å². The Morgan fingerprint density at radius 1 is 2.00 bits per heavy atom. The quantitative estimate of drug-likeness (QED) is 0.490. The molecule has 2 heteroatoms. The minimum atomic E-state index is 0.700. The molecule has 0 unspecified atom stereocenters. The van der Waals surface area contributed by atoms with Gasteiger partial charge in [0, 0.05) is 7.05 Å². The predicted molar refractivity (Wildman–Crippen MR) is 31.6 cm³/mol. The van der Waals surface area contributed by atoms with Crippen LogP contribution in [0.3, 0.4) is 0 Å². The Morgan fingerprint density at radius 3 is 2.50 bits per heavy atom. The van der Waals surface area contributed by atoms with Crippen molar-refractivity contribution in [3.05, 3.63) is 6.92 Å². The van der Waals surface area contributed by atoms with Crippen molar-refractivity contribution in [3.63, 3.8) is 0 Å². The summed E-state index contributed by atoms with van der Waals surface area (Å²) in [5, 5.41) is 2.78. The van der Waals surface area contributed by atoms with Crippen molar-refractivity contribution < 1.29 is 0 Å². The highest BCUT2D eigenvalue weighted by molar-refractivity contribution is 7.80.